The van der Waals surface area contributed by atoms with Crippen LogP contribution in [0.1, 0.15) is 48.5 Å². The molecule has 0 N–H and O–H groups in total. The Morgan fingerprint density at radius 3 is 1.81 bits per heavy atom. The lowest BCUT2D eigenvalue weighted by molar-refractivity contribution is 0.235. The Hall–Kier alpha value is -0.703. The van der Waals surface area contributed by atoms with Gasteiger partial charge in [-0.3, -0.25) is 0 Å². The molecule has 0 aliphatic carbocycles. The van der Waals surface area contributed by atoms with Crippen LogP contribution in [0.25, 0.3) is 0 Å². The quantitative estimate of drug-likeness (QED) is 0.596. The van der Waals surface area contributed by atoms with Crippen LogP contribution in [0.5, 0.6) is 0 Å². The second kappa shape index (κ2) is 3.95. The van der Waals surface area contributed by atoms with Gasteiger partial charge < -0.3 is 9.13 Å². The van der Waals surface area contributed by atoms with Gasteiger partial charge in [-0.2, -0.15) is 0 Å². The van der Waals surface area contributed by atoms with Crippen LogP contribution < -0.4 is 0 Å². The van der Waals surface area contributed by atoms with Crippen LogP contribution in [0.15, 0.2) is 24.0 Å². The van der Waals surface area contributed by atoms with Crippen LogP contribution in [0.4, 0.5) is 0 Å². The Bertz CT molecular complexity index is 318. The molecule has 0 aromatic carbocycles. The normalized spacial score (nSPS) is 18.9. The van der Waals surface area contributed by atoms with Gasteiger partial charge in [0.2, 0.25) is 0 Å². The van der Waals surface area contributed by atoms with Crippen LogP contribution in [0, 0.1) is 0 Å². The summed E-state index contributed by atoms with van der Waals surface area (Å²) in [5.74, 6) is 0. The van der Waals surface area contributed by atoms with Gasteiger partial charge in [0.1, 0.15) is 0 Å². The van der Waals surface area contributed by atoms with Crippen LogP contribution >= 0.6 is 0 Å². The fraction of sp³-hybridized carbons (Fsp3) is 0.692. The molecule has 0 aromatic rings. The topological polar surface area (TPSA) is 6.48 Å². The highest BCUT2D eigenvalue weighted by atomic mass is 28.2. The molecule has 16 heavy (non-hydrogen) atoms. The molecule has 0 spiro atoms. The van der Waals surface area contributed by atoms with Crippen molar-refractivity contribution in [2.24, 2.45) is 0 Å². The van der Waals surface area contributed by atoms with Crippen molar-refractivity contribution in [3.05, 3.63) is 24.0 Å². The number of rotatable bonds is 0. The molecule has 0 aromatic heterocycles. The smallest absolute Gasteiger partial charge is 0.333 e. The summed E-state index contributed by atoms with van der Waals surface area (Å²) in [6, 6.07) is 0. The summed E-state index contributed by atoms with van der Waals surface area (Å²) in [4.78, 5) is 0. The first-order chi connectivity index (χ1) is 7.03. The lowest BCUT2D eigenvalue weighted by Crippen LogP contribution is -2.56. The number of hydrogen-bond donors (Lipinski definition) is 0. The van der Waals surface area contributed by atoms with Gasteiger partial charge in [-0.25, -0.2) is 0 Å². The number of hydrogen-bond acceptors (Lipinski definition) is 2. The summed E-state index contributed by atoms with van der Waals surface area (Å²) in [5.41, 5.74) is 2.75. The number of nitrogens with zero attached hydrogens (tertiary/aromatic N) is 2. The highest BCUT2D eigenvalue weighted by Gasteiger charge is 2.33. The Labute approximate surface area is 103 Å². The second-order valence-corrected chi connectivity index (χ2v) is 7.48. The van der Waals surface area contributed by atoms with E-state index in [1.807, 2.05) is 0 Å². The van der Waals surface area contributed by atoms with Gasteiger partial charge in [0.05, 0.1) is 0 Å². The van der Waals surface area contributed by atoms with Crippen molar-refractivity contribution in [2.75, 3.05) is 0 Å². The van der Waals surface area contributed by atoms with Gasteiger partial charge in [0.25, 0.3) is 0 Å². The van der Waals surface area contributed by atoms with Gasteiger partial charge in [0, 0.05) is 22.5 Å². The highest BCUT2D eigenvalue weighted by molar-refractivity contribution is 6.31. The fourth-order valence-corrected chi connectivity index (χ4v) is 3.09. The van der Waals surface area contributed by atoms with Crippen molar-refractivity contribution >= 4 is 9.84 Å². The average Bonchev–Trinajstić information content (AvgIpc) is 1.97. The molecule has 0 saturated carbocycles. The molecule has 2 radical (unpaired) electrons. The molecular weight excluding hydrogens is 212 g/mol. The molecule has 0 saturated heterocycles. The van der Waals surface area contributed by atoms with Gasteiger partial charge in [-0.05, 0) is 54.5 Å². The van der Waals surface area contributed by atoms with E-state index in [4.69, 9.17) is 0 Å². The Morgan fingerprint density at radius 1 is 1.00 bits per heavy atom. The molecular formula is C13H24N2Si. The van der Waals surface area contributed by atoms with Gasteiger partial charge >= 0.3 is 9.84 Å². The summed E-state index contributed by atoms with van der Waals surface area (Å²) in [6.07, 6.45) is 2.19. The Morgan fingerprint density at radius 2 is 1.44 bits per heavy atom. The minimum absolute atomic E-state index is 0.135. The van der Waals surface area contributed by atoms with E-state index < -0.39 is 0 Å². The van der Waals surface area contributed by atoms with E-state index in [2.05, 4.69) is 70.3 Å². The maximum atomic E-state index is 4.16. The first-order valence-electron chi connectivity index (χ1n) is 5.77. The predicted octanol–water partition coefficient (Wildman–Crippen LogP) is 3.15. The zero-order valence-corrected chi connectivity index (χ0v) is 12.7. The molecule has 0 fully saturated rings. The lowest BCUT2D eigenvalue weighted by atomic mass is 10.1. The molecule has 2 nitrogen and oxygen atoms in total. The largest absolute Gasteiger partial charge is 0.379 e. The third kappa shape index (κ3) is 2.70. The molecule has 0 atom stereocenters. The van der Waals surface area contributed by atoms with Crippen molar-refractivity contribution in [3.63, 3.8) is 0 Å². The van der Waals surface area contributed by atoms with Crippen molar-refractivity contribution in [2.45, 2.75) is 59.5 Å². The van der Waals surface area contributed by atoms with E-state index in [0.29, 0.717) is 9.84 Å². The van der Waals surface area contributed by atoms with Crippen molar-refractivity contribution < 1.29 is 0 Å². The summed E-state index contributed by atoms with van der Waals surface area (Å²) < 4.78 is 4.83. The van der Waals surface area contributed by atoms with Gasteiger partial charge in [0.15, 0.2) is 0 Å². The van der Waals surface area contributed by atoms with E-state index in [-0.39, 0.29) is 11.1 Å². The number of allylic oxidation sites excluding steroid dienone is 2. The van der Waals surface area contributed by atoms with Gasteiger partial charge in [-0.15, -0.1) is 0 Å². The maximum absolute atomic E-state index is 4.16. The summed E-state index contributed by atoms with van der Waals surface area (Å²) in [6.45, 7) is 19.8. The van der Waals surface area contributed by atoms with Crippen LogP contribution in [-0.4, -0.2) is 30.1 Å². The van der Waals surface area contributed by atoms with E-state index in [1.54, 1.807) is 0 Å². The minimum Gasteiger partial charge on any atom is -0.379 e. The van der Waals surface area contributed by atoms with Crippen molar-refractivity contribution in [3.8, 4) is 0 Å². The summed E-state index contributed by atoms with van der Waals surface area (Å²) >= 11 is 0. The standard InChI is InChI=1S/C13H24N2Si/c1-10-9-11(2)15(13(6,7)8)16-14(10)12(3,4)5/h9H,1H2,2-8H3. The minimum atomic E-state index is 0.135. The van der Waals surface area contributed by atoms with Crippen molar-refractivity contribution in [1.82, 2.24) is 9.13 Å². The molecule has 1 rings (SSSR count). The first-order valence-corrected chi connectivity index (χ1v) is 6.67. The molecule has 3 heteroatoms. The third-order valence-corrected chi connectivity index (χ3v) is 4.94. The molecule has 1 aliphatic heterocycles. The summed E-state index contributed by atoms with van der Waals surface area (Å²) in [5, 5.41) is 0. The molecule has 90 valence electrons. The SMILES string of the molecule is C=C1C=C(C)N(C(C)(C)C)[Si]N1C(C)(C)C. The monoisotopic (exact) mass is 236 g/mol. The first kappa shape index (κ1) is 13.4. The predicted molar refractivity (Wildman–Crippen MR) is 71.8 cm³/mol. The van der Waals surface area contributed by atoms with Crippen LogP contribution in [0.3, 0.4) is 0 Å². The van der Waals surface area contributed by atoms with Crippen molar-refractivity contribution in [1.29, 1.82) is 0 Å². The zero-order chi connectivity index (χ0) is 12.7. The van der Waals surface area contributed by atoms with E-state index >= 15 is 0 Å². The van der Waals surface area contributed by atoms with E-state index in [1.165, 1.54) is 5.70 Å². The maximum Gasteiger partial charge on any atom is 0.333 e. The van der Waals surface area contributed by atoms with Gasteiger partial charge in [-0.1, -0.05) is 6.58 Å². The molecule has 1 aliphatic rings. The molecule has 1 heterocycles. The molecule has 0 bridgehead atoms. The zero-order valence-electron chi connectivity index (χ0n) is 11.7. The van der Waals surface area contributed by atoms with Crippen LogP contribution in [-0.2, 0) is 0 Å². The lowest BCUT2D eigenvalue weighted by Gasteiger charge is -2.49. The molecule has 0 unspecified atom stereocenters. The average molecular weight is 236 g/mol. The highest BCUT2D eigenvalue weighted by Crippen LogP contribution is 2.29. The van der Waals surface area contributed by atoms with E-state index in [9.17, 15) is 0 Å². The second-order valence-electron chi connectivity index (χ2n) is 6.39. The van der Waals surface area contributed by atoms with E-state index in [0.717, 1.165) is 5.70 Å². The third-order valence-electron chi connectivity index (χ3n) is 2.56. The summed E-state index contributed by atoms with van der Waals surface area (Å²) in [7, 11) is 0.646. The molecule has 0 amide bonds. The van der Waals surface area contributed by atoms with Crippen LogP contribution in [0.2, 0.25) is 0 Å². The fourth-order valence-electron chi connectivity index (χ4n) is 1.87. The Kier molecular flexibility index (Phi) is 3.30. The Balaban J connectivity index is 3.04.